The number of carbonyl (C=O) groups excluding carboxylic acids is 3. The van der Waals surface area contributed by atoms with Crippen LogP contribution < -0.4 is 5.73 Å². The molecule has 0 saturated carbocycles. The minimum Gasteiger partial charge on any atom is -0.479 e. The number of ketones is 1. The van der Waals surface area contributed by atoms with Gasteiger partial charge >= 0.3 is 5.97 Å². The molecule has 0 aromatic rings. The number of rotatable bonds is 4. The maximum Gasteiger partial charge on any atom is 0.334 e. The molecule has 7 heteroatoms. The van der Waals surface area contributed by atoms with Crippen LogP contribution in [0.5, 0.6) is 0 Å². The Morgan fingerprint density at radius 3 is 1.93 bits per heavy atom. The highest BCUT2D eigenvalue weighted by Gasteiger charge is 2.35. The lowest BCUT2D eigenvalue weighted by molar-refractivity contribution is -0.159. The summed E-state index contributed by atoms with van der Waals surface area (Å²) in [6.07, 6.45) is 0. The van der Waals surface area contributed by atoms with Crippen molar-refractivity contribution in [3.63, 3.8) is 0 Å². The first-order valence-corrected chi connectivity index (χ1v) is 4.08. The van der Waals surface area contributed by atoms with Gasteiger partial charge in [0.15, 0.2) is 11.8 Å². The van der Waals surface area contributed by atoms with Gasteiger partial charge in [0.2, 0.25) is 11.8 Å². The molecule has 0 heterocycles. The second-order valence-electron chi connectivity index (χ2n) is 2.84. The normalized spacial score (nSPS) is 11.7. The van der Waals surface area contributed by atoms with Crippen LogP contribution in [0.2, 0.25) is 0 Å². The minimum absolute atomic E-state index is 0.352. The van der Waals surface area contributed by atoms with E-state index in [-0.39, 0.29) is 0 Å². The quantitative estimate of drug-likeness (QED) is 0.544. The smallest absolute Gasteiger partial charge is 0.334 e. The van der Waals surface area contributed by atoms with E-state index in [1.165, 1.54) is 0 Å². The van der Waals surface area contributed by atoms with Crippen molar-refractivity contribution < 1.29 is 24.3 Å². The molecular formula is C8H12N2O5. The third kappa shape index (κ3) is 3.13. The number of Topliss-reactive ketones (excluding diaryl/α,β-unsaturated/α-hetero) is 1. The van der Waals surface area contributed by atoms with Crippen molar-refractivity contribution in [2.75, 3.05) is 6.54 Å². The molecule has 7 nitrogen and oxygen atoms in total. The number of nitrogens with two attached hydrogens (primary N) is 1. The van der Waals surface area contributed by atoms with Crippen molar-refractivity contribution in [2.24, 2.45) is 5.73 Å². The average molecular weight is 216 g/mol. The van der Waals surface area contributed by atoms with Crippen molar-refractivity contribution in [3.05, 3.63) is 0 Å². The average Bonchev–Trinajstić information content (AvgIpc) is 2.10. The Morgan fingerprint density at radius 2 is 1.73 bits per heavy atom. The SMILES string of the molecule is CC(=O)C(C(=O)O)N(C(C)=O)C(=O)CN. The molecule has 84 valence electrons. The van der Waals surface area contributed by atoms with E-state index >= 15 is 0 Å². The van der Waals surface area contributed by atoms with Gasteiger partial charge in [0.25, 0.3) is 0 Å². The molecule has 0 saturated heterocycles. The molecule has 1 unspecified atom stereocenters. The van der Waals surface area contributed by atoms with Gasteiger partial charge in [-0.15, -0.1) is 0 Å². The summed E-state index contributed by atoms with van der Waals surface area (Å²) in [5.41, 5.74) is 5.00. The van der Waals surface area contributed by atoms with Crippen LogP contribution in [0.1, 0.15) is 13.8 Å². The molecule has 0 aliphatic carbocycles. The Bertz CT molecular complexity index is 298. The summed E-state index contributed by atoms with van der Waals surface area (Å²) < 4.78 is 0. The van der Waals surface area contributed by atoms with Crippen LogP contribution in [0.15, 0.2) is 0 Å². The van der Waals surface area contributed by atoms with Gasteiger partial charge in [-0.25, -0.2) is 4.79 Å². The first-order chi connectivity index (χ1) is 6.82. The first-order valence-electron chi connectivity index (χ1n) is 4.08. The number of carboxylic acid groups (broad SMARTS) is 1. The molecule has 2 amide bonds. The standard InChI is InChI=1S/C8H12N2O5/c1-4(11)7(8(14)15)10(5(2)12)6(13)3-9/h7H,3,9H2,1-2H3,(H,14,15). The summed E-state index contributed by atoms with van der Waals surface area (Å²) in [5, 5.41) is 8.70. The highest BCUT2D eigenvalue weighted by molar-refractivity contribution is 6.09. The van der Waals surface area contributed by atoms with Gasteiger partial charge in [-0.2, -0.15) is 0 Å². The molecule has 3 N–H and O–H groups in total. The van der Waals surface area contributed by atoms with Gasteiger partial charge in [-0.3, -0.25) is 19.3 Å². The lowest BCUT2D eigenvalue weighted by Gasteiger charge is -2.23. The molecule has 0 fully saturated rings. The van der Waals surface area contributed by atoms with E-state index in [4.69, 9.17) is 10.8 Å². The number of imide groups is 1. The van der Waals surface area contributed by atoms with Crippen molar-refractivity contribution in [1.29, 1.82) is 0 Å². The van der Waals surface area contributed by atoms with Gasteiger partial charge in [0.05, 0.1) is 6.54 Å². The van der Waals surface area contributed by atoms with E-state index in [0.29, 0.717) is 4.90 Å². The largest absolute Gasteiger partial charge is 0.479 e. The number of nitrogens with zero attached hydrogens (tertiary/aromatic N) is 1. The molecule has 0 aliphatic heterocycles. The maximum atomic E-state index is 11.2. The zero-order valence-corrected chi connectivity index (χ0v) is 8.39. The Kier molecular flexibility index (Phi) is 4.59. The van der Waals surface area contributed by atoms with E-state index in [2.05, 4.69) is 0 Å². The van der Waals surface area contributed by atoms with Crippen molar-refractivity contribution >= 4 is 23.6 Å². The van der Waals surface area contributed by atoms with Crippen molar-refractivity contribution in [3.8, 4) is 0 Å². The van der Waals surface area contributed by atoms with Crippen LogP contribution in [0.3, 0.4) is 0 Å². The summed E-state index contributed by atoms with van der Waals surface area (Å²) >= 11 is 0. The van der Waals surface area contributed by atoms with E-state index < -0.39 is 36.2 Å². The van der Waals surface area contributed by atoms with Gasteiger partial charge in [-0.05, 0) is 6.92 Å². The molecule has 0 bridgehead atoms. The van der Waals surface area contributed by atoms with E-state index in [0.717, 1.165) is 13.8 Å². The number of amides is 2. The number of hydrogen-bond acceptors (Lipinski definition) is 5. The van der Waals surface area contributed by atoms with Crippen LogP contribution in [0.4, 0.5) is 0 Å². The zero-order valence-electron chi connectivity index (χ0n) is 8.39. The number of carboxylic acids is 1. The summed E-state index contributed by atoms with van der Waals surface area (Å²) in [6, 6.07) is -1.79. The summed E-state index contributed by atoms with van der Waals surface area (Å²) in [4.78, 5) is 44.2. The van der Waals surface area contributed by atoms with E-state index in [1.54, 1.807) is 0 Å². The van der Waals surface area contributed by atoms with E-state index in [9.17, 15) is 19.2 Å². The second kappa shape index (κ2) is 5.20. The molecule has 0 aromatic carbocycles. The number of aliphatic carboxylic acids is 1. The van der Waals surface area contributed by atoms with Gasteiger partial charge in [0.1, 0.15) is 0 Å². The van der Waals surface area contributed by atoms with Crippen LogP contribution in [0, 0.1) is 0 Å². The molecule has 0 aliphatic rings. The van der Waals surface area contributed by atoms with E-state index in [1.807, 2.05) is 0 Å². The summed E-state index contributed by atoms with van der Waals surface area (Å²) in [5.74, 6) is -4.09. The van der Waals surface area contributed by atoms with Crippen LogP contribution in [-0.4, -0.2) is 46.2 Å². The monoisotopic (exact) mass is 216 g/mol. The van der Waals surface area contributed by atoms with Gasteiger partial charge < -0.3 is 10.8 Å². The first kappa shape index (κ1) is 13.2. The van der Waals surface area contributed by atoms with Crippen LogP contribution >= 0.6 is 0 Å². The zero-order chi connectivity index (χ0) is 12.2. The van der Waals surface area contributed by atoms with Crippen molar-refractivity contribution in [1.82, 2.24) is 4.90 Å². The molecule has 0 spiro atoms. The third-order valence-electron chi connectivity index (χ3n) is 1.66. The Morgan fingerprint density at radius 1 is 1.27 bits per heavy atom. The van der Waals surface area contributed by atoms with Crippen LogP contribution in [-0.2, 0) is 19.2 Å². The highest BCUT2D eigenvalue weighted by Crippen LogP contribution is 2.03. The van der Waals surface area contributed by atoms with Crippen LogP contribution in [0.25, 0.3) is 0 Å². The van der Waals surface area contributed by atoms with Crippen molar-refractivity contribution in [2.45, 2.75) is 19.9 Å². The number of hydrogen-bond donors (Lipinski definition) is 2. The predicted molar refractivity (Wildman–Crippen MR) is 48.7 cm³/mol. The molecular weight excluding hydrogens is 204 g/mol. The predicted octanol–water partition coefficient (Wildman–Crippen LogP) is -1.64. The molecule has 15 heavy (non-hydrogen) atoms. The summed E-state index contributed by atoms with van der Waals surface area (Å²) in [6.45, 7) is 1.45. The lowest BCUT2D eigenvalue weighted by atomic mass is 10.1. The highest BCUT2D eigenvalue weighted by atomic mass is 16.4. The fraction of sp³-hybridized carbons (Fsp3) is 0.500. The van der Waals surface area contributed by atoms with Gasteiger partial charge in [-0.1, -0.05) is 0 Å². The Hall–Kier alpha value is -1.76. The fourth-order valence-corrected chi connectivity index (χ4v) is 1.07. The molecule has 0 radical (unpaired) electrons. The lowest BCUT2D eigenvalue weighted by Crippen LogP contribution is -2.53. The topological polar surface area (TPSA) is 118 Å². The molecule has 0 aromatic heterocycles. The Balaban J connectivity index is 5.19. The second-order valence-corrected chi connectivity index (χ2v) is 2.84. The maximum absolute atomic E-state index is 11.2. The molecule has 1 atom stereocenters. The fourth-order valence-electron chi connectivity index (χ4n) is 1.07. The Labute approximate surface area is 85.8 Å². The summed E-state index contributed by atoms with van der Waals surface area (Å²) in [7, 11) is 0. The van der Waals surface area contributed by atoms with Gasteiger partial charge in [0, 0.05) is 6.92 Å². The minimum atomic E-state index is -1.79. The molecule has 0 rings (SSSR count). The number of carbonyl (C=O) groups is 4. The third-order valence-corrected chi connectivity index (χ3v) is 1.66.